The van der Waals surface area contributed by atoms with Crippen molar-refractivity contribution >= 4 is 41.0 Å². The van der Waals surface area contributed by atoms with Crippen LogP contribution in [0.15, 0.2) is 48.5 Å². The van der Waals surface area contributed by atoms with Gasteiger partial charge in [0.1, 0.15) is 5.54 Å². The number of imide groups is 1. The third kappa shape index (κ3) is 3.32. The van der Waals surface area contributed by atoms with E-state index in [1.807, 2.05) is 30.3 Å². The van der Waals surface area contributed by atoms with Crippen LogP contribution >= 0.6 is 11.6 Å². The molecular formula is C24H22ClN3O5. The molecule has 0 aliphatic carbocycles. The van der Waals surface area contributed by atoms with Crippen molar-refractivity contribution < 1.29 is 24.3 Å². The smallest absolute Gasteiger partial charge is 0.303 e. The number of carbonyl (C=O) groups is 4. The summed E-state index contributed by atoms with van der Waals surface area (Å²) in [6, 6.07) is 13.8. The van der Waals surface area contributed by atoms with Crippen LogP contribution in [0.2, 0.25) is 5.02 Å². The van der Waals surface area contributed by atoms with E-state index in [9.17, 15) is 24.3 Å². The topological polar surface area (TPSA) is 116 Å². The molecule has 2 aromatic rings. The highest BCUT2D eigenvalue weighted by Crippen LogP contribution is 2.53. The summed E-state index contributed by atoms with van der Waals surface area (Å²) in [6.45, 7) is 0.195. The molecule has 0 radical (unpaired) electrons. The Morgan fingerprint density at radius 3 is 2.58 bits per heavy atom. The van der Waals surface area contributed by atoms with E-state index in [-0.39, 0.29) is 25.3 Å². The number of hydrogen-bond acceptors (Lipinski definition) is 5. The summed E-state index contributed by atoms with van der Waals surface area (Å²) in [4.78, 5) is 52.9. The van der Waals surface area contributed by atoms with Gasteiger partial charge in [0, 0.05) is 35.3 Å². The minimum Gasteiger partial charge on any atom is -0.481 e. The Hall–Kier alpha value is -3.23. The number of halogens is 1. The van der Waals surface area contributed by atoms with Gasteiger partial charge in [-0.1, -0.05) is 41.9 Å². The van der Waals surface area contributed by atoms with Gasteiger partial charge in [-0.2, -0.15) is 0 Å². The summed E-state index contributed by atoms with van der Waals surface area (Å²) in [5.41, 5.74) is 0.556. The first kappa shape index (κ1) is 21.6. The fourth-order valence-electron chi connectivity index (χ4n) is 5.47. The SMILES string of the molecule is O=C(O)CC[C@H]1N[C@]2(C(=O)Nc3ccc(Cl)cc32)[C@@H]2C(=O)N(CCc3ccccc3)C(=O)[C@H]21. The van der Waals surface area contributed by atoms with Gasteiger partial charge in [0.2, 0.25) is 17.7 Å². The molecule has 1 spiro atoms. The number of amides is 3. The van der Waals surface area contributed by atoms with Crippen LogP contribution < -0.4 is 10.6 Å². The lowest BCUT2D eigenvalue weighted by Gasteiger charge is -2.29. The van der Waals surface area contributed by atoms with E-state index < -0.39 is 41.2 Å². The largest absolute Gasteiger partial charge is 0.481 e. The molecule has 3 heterocycles. The fraction of sp³-hybridized carbons (Fsp3) is 0.333. The summed E-state index contributed by atoms with van der Waals surface area (Å²) < 4.78 is 0. The molecule has 0 saturated carbocycles. The molecule has 3 N–H and O–H groups in total. The molecule has 33 heavy (non-hydrogen) atoms. The Labute approximate surface area is 194 Å². The monoisotopic (exact) mass is 467 g/mol. The average Bonchev–Trinajstić information content (AvgIpc) is 3.37. The Morgan fingerprint density at radius 1 is 1.09 bits per heavy atom. The lowest BCUT2D eigenvalue weighted by atomic mass is 9.76. The van der Waals surface area contributed by atoms with Crippen LogP contribution in [-0.2, 0) is 31.1 Å². The van der Waals surface area contributed by atoms with Gasteiger partial charge in [-0.05, 0) is 36.6 Å². The second-order valence-corrected chi connectivity index (χ2v) is 9.14. The highest BCUT2D eigenvalue weighted by Gasteiger charge is 2.70. The number of carbonyl (C=O) groups excluding carboxylic acids is 3. The van der Waals surface area contributed by atoms with E-state index in [1.165, 1.54) is 4.90 Å². The van der Waals surface area contributed by atoms with Gasteiger partial charge in [0.05, 0.1) is 11.8 Å². The second-order valence-electron chi connectivity index (χ2n) is 8.70. The van der Waals surface area contributed by atoms with Crippen molar-refractivity contribution in [2.24, 2.45) is 11.8 Å². The van der Waals surface area contributed by atoms with Gasteiger partial charge >= 0.3 is 5.97 Å². The minimum absolute atomic E-state index is 0.118. The van der Waals surface area contributed by atoms with Gasteiger partial charge in [0.25, 0.3) is 0 Å². The first-order valence-electron chi connectivity index (χ1n) is 10.8. The molecule has 3 aliphatic rings. The van der Waals surface area contributed by atoms with E-state index in [2.05, 4.69) is 10.6 Å². The number of fused-ring (bicyclic) bond motifs is 4. The van der Waals surface area contributed by atoms with Crippen LogP contribution in [0.4, 0.5) is 5.69 Å². The number of carboxylic acids is 1. The number of anilines is 1. The van der Waals surface area contributed by atoms with Crippen LogP contribution in [0.1, 0.15) is 24.0 Å². The number of likely N-dealkylation sites (tertiary alicyclic amines) is 1. The van der Waals surface area contributed by atoms with Gasteiger partial charge < -0.3 is 10.4 Å². The molecule has 2 aromatic carbocycles. The molecule has 0 unspecified atom stereocenters. The molecule has 8 nitrogen and oxygen atoms in total. The number of benzene rings is 2. The zero-order valence-corrected chi connectivity index (χ0v) is 18.3. The molecular weight excluding hydrogens is 446 g/mol. The van der Waals surface area contributed by atoms with Crippen molar-refractivity contribution in [3.8, 4) is 0 Å². The third-order valence-corrected chi connectivity index (χ3v) is 7.14. The molecule has 3 aliphatic heterocycles. The van der Waals surface area contributed by atoms with Crippen molar-refractivity contribution in [3.05, 3.63) is 64.7 Å². The standard InChI is InChI=1S/C24H22ClN3O5/c25-14-6-7-16-15(12-14)24(23(33)26-16)20-19(17(27-24)8-9-18(29)30)21(31)28(22(20)32)11-10-13-4-2-1-3-5-13/h1-7,12,17,19-20,27H,8-11H2,(H,26,33)(H,29,30)/t17-,19+,20+,24+/m1/s1. The minimum atomic E-state index is -1.47. The van der Waals surface area contributed by atoms with Crippen LogP contribution in [0.5, 0.6) is 0 Å². The zero-order valence-electron chi connectivity index (χ0n) is 17.6. The molecule has 2 saturated heterocycles. The van der Waals surface area contributed by atoms with E-state index >= 15 is 0 Å². The molecule has 4 atom stereocenters. The highest BCUT2D eigenvalue weighted by molar-refractivity contribution is 6.31. The van der Waals surface area contributed by atoms with Crippen molar-refractivity contribution in [1.29, 1.82) is 0 Å². The number of hydrogen-bond donors (Lipinski definition) is 3. The van der Waals surface area contributed by atoms with E-state index in [4.69, 9.17) is 11.6 Å². The second kappa shape index (κ2) is 7.97. The highest BCUT2D eigenvalue weighted by atomic mass is 35.5. The predicted molar refractivity (Wildman–Crippen MR) is 119 cm³/mol. The maximum atomic E-state index is 13.6. The van der Waals surface area contributed by atoms with E-state index in [0.717, 1.165) is 5.56 Å². The average molecular weight is 468 g/mol. The van der Waals surface area contributed by atoms with Crippen molar-refractivity contribution in [2.45, 2.75) is 30.8 Å². The Kier molecular flexibility index (Phi) is 5.22. The molecule has 0 bridgehead atoms. The van der Waals surface area contributed by atoms with Crippen molar-refractivity contribution in [3.63, 3.8) is 0 Å². The van der Waals surface area contributed by atoms with Crippen LogP contribution in [0, 0.1) is 11.8 Å². The normalized spacial score (nSPS) is 27.7. The van der Waals surface area contributed by atoms with Gasteiger partial charge in [-0.15, -0.1) is 0 Å². The van der Waals surface area contributed by atoms with Crippen LogP contribution in [-0.4, -0.2) is 46.3 Å². The molecule has 0 aromatic heterocycles. The van der Waals surface area contributed by atoms with Gasteiger partial charge in [0.15, 0.2) is 0 Å². The molecule has 170 valence electrons. The Balaban J connectivity index is 1.53. The molecule has 9 heteroatoms. The summed E-state index contributed by atoms with van der Waals surface area (Å²) in [5.74, 6) is -4.04. The maximum absolute atomic E-state index is 13.6. The van der Waals surface area contributed by atoms with Crippen molar-refractivity contribution in [1.82, 2.24) is 10.2 Å². The number of aliphatic carboxylic acids is 1. The Bertz CT molecular complexity index is 1170. The Morgan fingerprint density at radius 2 is 1.85 bits per heavy atom. The molecule has 3 amide bonds. The first-order valence-corrected chi connectivity index (χ1v) is 11.2. The third-order valence-electron chi connectivity index (χ3n) is 6.90. The molecule has 5 rings (SSSR count). The zero-order chi connectivity index (χ0) is 23.3. The number of nitrogens with zero attached hydrogens (tertiary/aromatic N) is 1. The predicted octanol–water partition coefficient (Wildman–Crippen LogP) is 2.17. The summed E-state index contributed by atoms with van der Waals surface area (Å²) in [7, 11) is 0. The van der Waals surface area contributed by atoms with E-state index in [1.54, 1.807) is 18.2 Å². The maximum Gasteiger partial charge on any atom is 0.303 e. The van der Waals surface area contributed by atoms with Crippen LogP contribution in [0.25, 0.3) is 0 Å². The summed E-state index contributed by atoms with van der Waals surface area (Å²) in [5, 5.41) is 15.6. The summed E-state index contributed by atoms with van der Waals surface area (Å²) >= 11 is 6.22. The lowest BCUT2D eigenvalue weighted by molar-refractivity contribution is -0.143. The van der Waals surface area contributed by atoms with Gasteiger partial charge in [-0.25, -0.2) is 0 Å². The quantitative estimate of drug-likeness (QED) is 0.561. The number of rotatable bonds is 6. The van der Waals surface area contributed by atoms with Gasteiger partial charge in [-0.3, -0.25) is 29.4 Å². The fourth-order valence-corrected chi connectivity index (χ4v) is 5.64. The molecule has 2 fully saturated rings. The van der Waals surface area contributed by atoms with Crippen LogP contribution in [0.3, 0.4) is 0 Å². The van der Waals surface area contributed by atoms with Crippen molar-refractivity contribution in [2.75, 3.05) is 11.9 Å². The summed E-state index contributed by atoms with van der Waals surface area (Å²) in [6.07, 6.45) is 0.423. The van der Waals surface area contributed by atoms with E-state index in [0.29, 0.717) is 22.7 Å². The number of carboxylic acid groups (broad SMARTS) is 1. The number of nitrogens with one attached hydrogen (secondary N) is 2. The first-order chi connectivity index (χ1) is 15.8. The lowest BCUT2D eigenvalue weighted by Crippen LogP contribution is -2.53.